The third-order valence-corrected chi connectivity index (χ3v) is 3.77. The van der Waals surface area contributed by atoms with Crippen molar-refractivity contribution in [3.05, 3.63) is 58.1 Å². The summed E-state index contributed by atoms with van der Waals surface area (Å²) >= 11 is 6.14. The largest absolute Gasteiger partial charge is 0.493 e. The van der Waals surface area contributed by atoms with Gasteiger partial charge in [-0.05, 0) is 41.8 Å². The van der Waals surface area contributed by atoms with Crippen LogP contribution >= 0.6 is 11.6 Å². The fourth-order valence-electron chi connectivity index (χ4n) is 2.44. The van der Waals surface area contributed by atoms with Crippen LogP contribution in [0.2, 0.25) is 5.02 Å². The van der Waals surface area contributed by atoms with Crippen molar-refractivity contribution in [2.75, 3.05) is 6.61 Å². The zero-order valence-corrected chi connectivity index (χ0v) is 12.2. The molecule has 0 saturated carbocycles. The van der Waals surface area contributed by atoms with Gasteiger partial charge in [-0.25, -0.2) is 0 Å². The van der Waals surface area contributed by atoms with Gasteiger partial charge < -0.3 is 9.47 Å². The molecule has 0 spiro atoms. The minimum absolute atomic E-state index is 0.481. The smallest absolute Gasteiger partial charge is 0.129 e. The SMILES string of the molecule is CCc1ccc(OCc2cc(Cl)cc3c2OCC3)cc1. The molecule has 0 unspecified atom stereocenters. The maximum atomic E-state index is 6.14. The number of aryl methyl sites for hydroxylation is 1. The third-order valence-electron chi connectivity index (χ3n) is 3.55. The first-order valence-electron chi connectivity index (χ1n) is 6.92. The standard InChI is InChI=1S/C17H17ClO2/c1-2-12-3-5-16(6-4-12)20-11-14-10-15(18)9-13-7-8-19-17(13)14/h3-6,9-10H,2,7-8,11H2,1H3. The Morgan fingerprint density at radius 3 is 2.75 bits per heavy atom. The second kappa shape index (κ2) is 5.76. The molecular formula is C17H17ClO2. The van der Waals surface area contributed by atoms with Crippen LogP contribution in [0.5, 0.6) is 11.5 Å². The first-order valence-corrected chi connectivity index (χ1v) is 7.30. The first kappa shape index (κ1) is 13.3. The fraction of sp³-hybridized carbons (Fsp3) is 0.294. The number of halogens is 1. The van der Waals surface area contributed by atoms with Crippen molar-refractivity contribution < 1.29 is 9.47 Å². The summed E-state index contributed by atoms with van der Waals surface area (Å²) in [4.78, 5) is 0. The van der Waals surface area contributed by atoms with Crippen molar-refractivity contribution in [2.24, 2.45) is 0 Å². The minimum atomic E-state index is 0.481. The van der Waals surface area contributed by atoms with Crippen molar-refractivity contribution in [3.63, 3.8) is 0 Å². The van der Waals surface area contributed by atoms with Gasteiger partial charge in [-0.1, -0.05) is 30.7 Å². The lowest BCUT2D eigenvalue weighted by Gasteiger charge is -2.11. The molecule has 3 heteroatoms. The summed E-state index contributed by atoms with van der Waals surface area (Å²) < 4.78 is 11.5. The second-order valence-electron chi connectivity index (χ2n) is 4.94. The molecule has 1 aliphatic heterocycles. The number of hydrogen-bond acceptors (Lipinski definition) is 2. The number of benzene rings is 2. The molecule has 0 fully saturated rings. The normalized spacial score (nSPS) is 12.9. The van der Waals surface area contributed by atoms with Crippen molar-refractivity contribution in [1.29, 1.82) is 0 Å². The van der Waals surface area contributed by atoms with Crippen LogP contribution < -0.4 is 9.47 Å². The predicted octanol–water partition coefficient (Wildman–Crippen LogP) is 4.42. The molecule has 104 valence electrons. The highest BCUT2D eigenvalue weighted by molar-refractivity contribution is 6.30. The number of fused-ring (bicyclic) bond motifs is 1. The number of hydrogen-bond donors (Lipinski definition) is 0. The van der Waals surface area contributed by atoms with Gasteiger partial charge in [-0.3, -0.25) is 0 Å². The van der Waals surface area contributed by atoms with Gasteiger partial charge in [-0.15, -0.1) is 0 Å². The summed E-state index contributed by atoms with van der Waals surface area (Å²) in [5.41, 5.74) is 3.51. The van der Waals surface area contributed by atoms with E-state index in [0.29, 0.717) is 6.61 Å². The molecular weight excluding hydrogens is 272 g/mol. The highest BCUT2D eigenvalue weighted by Crippen LogP contribution is 2.33. The molecule has 0 aliphatic carbocycles. The zero-order valence-electron chi connectivity index (χ0n) is 11.5. The van der Waals surface area contributed by atoms with E-state index >= 15 is 0 Å². The monoisotopic (exact) mass is 288 g/mol. The molecule has 0 amide bonds. The Hall–Kier alpha value is -1.67. The van der Waals surface area contributed by atoms with Crippen molar-refractivity contribution in [3.8, 4) is 11.5 Å². The van der Waals surface area contributed by atoms with Gasteiger partial charge in [0.1, 0.15) is 18.1 Å². The van der Waals surface area contributed by atoms with Crippen LogP contribution in [0.4, 0.5) is 0 Å². The molecule has 0 radical (unpaired) electrons. The summed E-state index contributed by atoms with van der Waals surface area (Å²) in [6.07, 6.45) is 1.96. The number of rotatable bonds is 4. The van der Waals surface area contributed by atoms with Gasteiger partial charge in [0.15, 0.2) is 0 Å². The van der Waals surface area contributed by atoms with Crippen LogP contribution in [-0.2, 0) is 19.4 Å². The molecule has 0 saturated heterocycles. The van der Waals surface area contributed by atoms with Crippen LogP contribution in [0.25, 0.3) is 0 Å². The molecule has 2 aromatic carbocycles. The second-order valence-corrected chi connectivity index (χ2v) is 5.37. The Morgan fingerprint density at radius 2 is 2.00 bits per heavy atom. The molecule has 0 N–H and O–H groups in total. The Labute approximate surface area is 124 Å². The van der Waals surface area contributed by atoms with Crippen LogP contribution in [0.3, 0.4) is 0 Å². The van der Waals surface area contributed by atoms with Crippen LogP contribution in [0, 0.1) is 0 Å². The van der Waals surface area contributed by atoms with E-state index in [4.69, 9.17) is 21.1 Å². The van der Waals surface area contributed by atoms with Gasteiger partial charge in [0, 0.05) is 17.0 Å². The maximum Gasteiger partial charge on any atom is 0.129 e. The minimum Gasteiger partial charge on any atom is -0.493 e. The van der Waals surface area contributed by atoms with E-state index in [1.54, 1.807) is 0 Å². The van der Waals surface area contributed by atoms with Crippen molar-refractivity contribution in [1.82, 2.24) is 0 Å². The topological polar surface area (TPSA) is 18.5 Å². The maximum absolute atomic E-state index is 6.14. The van der Waals surface area contributed by atoms with Gasteiger partial charge in [-0.2, -0.15) is 0 Å². The van der Waals surface area contributed by atoms with E-state index in [-0.39, 0.29) is 0 Å². The van der Waals surface area contributed by atoms with E-state index in [2.05, 4.69) is 19.1 Å². The van der Waals surface area contributed by atoms with E-state index in [1.165, 1.54) is 11.1 Å². The molecule has 3 rings (SSSR count). The number of ether oxygens (including phenoxy) is 2. The summed E-state index contributed by atoms with van der Waals surface area (Å²) in [7, 11) is 0. The van der Waals surface area contributed by atoms with Crippen molar-refractivity contribution in [2.45, 2.75) is 26.4 Å². The average Bonchev–Trinajstić information content (AvgIpc) is 2.93. The first-order chi connectivity index (χ1) is 9.76. The van der Waals surface area contributed by atoms with E-state index in [1.807, 2.05) is 24.3 Å². The summed E-state index contributed by atoms with van der Waals surface area (Å²) in [5.74, 6) is 1.81. The zero-order chi connectivity index (χ0) is 13.9. The van der Waals surface area contributed by atoms with Crippen molar-refractivity contribution >= 4 is 11.6 Å². The highest BCUT2D eigenvalue weighted by atomic mass is 35.5. The van der Waals surface area contributed by atoms with Gasteiger partial charge in [0.2, 0.25) is 0 Å². The fourth-order valence-corrected chi connectivity index (χ4v) is 2.70. The van der Waals surface area contributed by atoms with Gasteiger partial charge in [0.05, 0.1) is 6.61 Å². The Kier molecular flexibility index (Phi) is 3.83. The lowest BCUT2D eigenvalue weighted by molar-refractivity contribution is 0.292. The van der Waals surface area contributed by atoms with E-state index in [0.717, 1.165) is 41.5 Å². The highest BCUT2D eigenvalue weighted by Gasteiger charge is 2.17. The molecule has 0 bridgehead atoms. The molecule has 0 aromatic heterocycles. The quantitative estimate of drug-likeness (QED) is 0.829. The van der Waals surface area contributed by atoms with Crippen LogP contribution in [0.1, 0.15) is 23.6 Å². The molecule has 1 heterocycles. The Bertz CT molecular complexity index is 605. The molecule has 1 aliphatic rings. The third kappa shape index (κ3) is 2.75. The Morgan fingerprint density at radius 1 is 1.20 bits per heavy atom. The summed E-state index contributed by atoms with van der Waals surface area (Å²) in [6.45, 7) is 3.35. The van der Waals surface area contributed by atoms with Crippen LogP contribution in [-0.4, -0.2) is 6.61 Å². The summed E-state index contributed by atoms with van der Waals surface area (Å²) in [6, 6.07) is 12.1. The van der Waals surface area contributed by atoms with E-state index in [9.17, 15) is 0 Å². The van der Waals surface area contributed by atoms with Gasteiger partial charge >= 0.3 is 0 Å². The molecule has 2 nitrogen and oxygen atoms in total. The van der Waals surface area contributed by atoms with Crippen LogP contribution in [0.15, 0.2) is 36.4 Å². The summed E-state index contributed by atoms with van der Waals surface area (Å²) in [5, 5.41) is 0.745. The lowest BCUT2D eigenvalue weighted by atomic mass is 10.1. The lowest BCUT2D eigenvalue weighted by Crippen LogP contribution is -1.99. The van der Waals surface area contributed by atoms with Gasteiger partial charge in [0.25, 0.3) is 0 Å². The molecule has 2 aromatic rings. The van der Waals surface area contributed by atoms with E-state index < -0.39 is 0 Å². The Balaban J connectivity index is 1.75. The molecule has 20 heavy (non-hydrogen) atoms. The molecule has 0 atom stereocenters. The predicted molar refractivity (Wildman–Crippen MR) is 80.8 cm³/mol. The average molecular weight is 289 g/mol.